The molecule has 11 heteroatoms. The number of fused-ring (bicyclic) bond motifs is 1. The topological polar surface area (TPSA) is 134 Å². The summed E-state index contributed by atoms with van der Waals surface area (Å²) in [6.07, 6.45) is 10.3. The highest BCUT2D eigenvalue weighted by molar-refractivity contribution is 6.00. The summed E-state index contributed by atoms with van der Waals surface area (Å²) in [7, 11) is 0. The lowest BCUT2D eigenvalue weighted by molar-refractivity contribution is -0.126. The number of rotatable bonds is 13. The van der Waals surface area contributed by atoms with Crippen LogP contribution in [0.1, 0.15) is 68.0 Å². The van der Waals surface area contributed by atoms with Gasteiger partial charge in [0.25, 0.3) is 5.91 Å². The molecule has 2 amide bonds. The first-order valence-corrected chi connectivity index (χ1v) is 12.3. The maximum atomic E-state index is 14.0. The van der Waals surface area contributed by atoms with Gasteiger partial charge in [-0.1, -0.05) is 13.8 Å². The Morgan fingerprint density at radius 2 is 1.97 bits per heavy atom. The van der Waals surface area contributed by atoms with E-state index in [0.29, 0.717) is 54.6 Å². The van der Waals surface area contributed by atoms with Gasteiger partial charge < -0.3 is 10.2 Å². The molecule has 1 aliphatic heterocycles. The number of nitrogens with one attached hydrogen (secondary N) is 2. The van der Waals surface area contributed by atoms with E-state index in [9.17, 15) is 9.59 Å². The number of aromatic amines is 1. The highest BCUT2D eigenvalue weighted by Crippen LogP contribution is 2.38. The highest BCUT2D eigenvalue weighted by atomic mass is 16.2. The van der Waals surface area contributed by atoms with Crippen LogP contribution in [0.4, 0.5) is 0 Å². The maximum absolute atomic E-state index is 14.0. The first-order chi connectivity index (χ1) is 17.5. The number of amides is 2. The van der Waals surface area contributed by atoms with Crippen molar-refractivity contribution in [3.05, 3.63) is 41.7 Å². The van der Waals surface area contributed by atoms with Crippen molar-refractivity contribution in [2.75, 3.05) is 13.1 Å². The second kappa shape index (κ2) is 11.1. The average Bonchev–Trinajstić information content (AvgIpc) is 3.25. The first-order valence-electron chi connectivity index (χ1n) is 12.3. The van der Waals surface area contributed by atoms with Gasteiger partial charge in [0.2, 0.25) is 5.91 Å². The lowest BCUT2D eigenvalue weighted by Gasteiger charge is -2.32. The number of aromatic nitrogens is 5. The molecule has 2 aromatic heterocycles. The maximum Gasteiger partial charge on any atom is 0.254 e. The van der Waals surface area contributed by atoms with Crippen LogP contribution in [0.5, 0.6) is 0 Å². The van der Waals surface area contributed by atoms with Gasteiger partial charge in [-0.2, -0.15) is 30.7 Å². The zero-order chi connectivity index (χ0) is 25.5. The molecule has 1 atom stereocenters. The third kappa shape index (κ3) is 5.43. The Morgan fingerprint density at radius 3 is 2.69 bits per heavy atom. The molecule has 0 saturated carbocycles. The summed E-state index contributed by atoms with van der Waals surface area (Å²) in [6, 6.07) is 6.03. The van der Waals surface area contributed by atoms with Crippen LogP contribution in [0, 0.1) is 12.3 Å². The van der Waals surface area contributed by atoms with Crippen molar-refractivity contribution < 1.29 is 9.59 Å². The Bertz CT molecular complexity index is 1280. The number of carbonyl (C=O) groups is 2. The summed E-state index contributed by atoms with van der Waals surface area (Å²) in [5.74, 6) is 2.08. The standard InChI is InChI=1S/C25H31N9O2/c1-4-7-11-25(30-31-25)12-16-33(24(36)18-8-9-19-20(17-18)29-32-28-19)22(23(35)26-13-5-2)21-10-14-27-34(21)15-6-3/h1,8-10,14,17,22H,5-7,11-13,15-16H2,2-3H3,(H,26,35)(H,28,29,32). The molecule has 1 unspecified atom stereocenters. The second-order valence-corrected chi connectivity index (χ2v) is 8.84. The van der Waals surface area contributed by atoms with Crippen LogP contribution in [0.15, 0.2) is 40.7 Å². The van der Waals surface area contributed by atoms with Crippen LogP contribution in [0.2, 0.25) is 0 Å². The molecule has 0 radical (unpaired) electrons. The Labute approximate surface area is 209 Å². The predicted molar refractivity (Wildman–Crippen MR) is 134 cm³/mol. The minimum atomic E-state index is -0.880. The SMILES string of the molecule is C#CCCC1(CCN(C(=O)c2ccc3n[nH]nc3c2)C(C(=O)NCCC)c2ccnn2CCC)N=N1. The minimum absolute atomic E-state index is 0.257. The molecule has 0 fully saturated rings. The number of hydrogen-bond acceptors (Lipinski definition) is 7. The third-order valence-corrected chi connectivity index (χ3v) is 6.20. The van der Waals surface area contributed by atoms with Gasteiger partial charge in [-0.15, -0.1) is 12.3 Å². The van der Waals surface area contributed by atoms with E-state index in [-0.39, 0.29) is 18.4 Å². The number of H-pyrrole nitrogens is 1. The first kappa shape index (κ1) is 25.0. The number of aryl methyl sites for hydroxylation is 1. The molecule has 0 saturated heterocycles. The van der Waals surface area contributed by atoms with Gasteiger partial charge in [-0.25, -0.2) is 0 Å². The third-order valence-electron chi connectivity index (χ3n) is 6.20. The van der Waals surface area contributed by atoms with Crippen LogP contribution < -0.4 is 5.32 Å². The summed E-state index contributed by atoms with van der Waals surface area (Å²) in [5, 5.41) is 26.6. The van der Waals surface area contributed by atoms with Gasteiger partial charge in [-0.3, -0.25) is 14.3 Å². The van der Waals surface area contributed by atoms with Crippen molar-refractivity contribution in [3.63, 3.8) is 0 Å². The number of carbonyl (C=O) groups excluding carboxylic acids is 2. The van der Waals surface area contributed by atoms with Crippen LogP contribution in [0.3, 0.4) is 0 Å². The molecular formula is C25H31N9O2. The van der Waals surface area contributed by atoms with E-state index in [1.165, 1.54) is 0 Å². The van der Waals surface area contributed by atoms with Gasteiger partial charge in [-0.05, 0) is 37.1 Å². The van der Waals surface area contributed by atoms with Gasteiger partial charge in [0, 0.05) is 50.7 Å². The lowest BCUT2D eigenvalue weighted by Crippen LogP contribution is -2.46. The fourth-order valence-corrected chi connectivity index (χ4v) is 4.21. The fraction of sp³-hybridized carbons (Fsp3) is 0.480. The van der Waals surface area contributed by atoms with Crippen LogP contribution >= 0.6 is 0 Å². The Kier molecular flexibility index (Phi) is 7.73. The molecule has 188 valence electrons. The Balaban J connectivity index is 1.72. The monoisotopic (exact) mass is 489 g/mol. The zero-order valence-corrected chi connectivity index (χ0v) is 20.6. The van der Waals surface area contributed by atoms with Crippen molar-refractivity contribution in [1.82, 2.24) is 35.4 Å². The molecule has 2 N–H and O–H groups in total. The van der Waals surface area contributed by atoms with Crippen molar-refractivity contribution in [3.8, 4) is 12.3 Å². The van der Waals surface area contributed by atoms with E-state index >= 15 is 0 Å². The molecular weight excluding hydrogens is 458 g/mol. The van der Waals surface area contributed by atoms with Crippen LogP contribution in [-0.2, 0) is 11.3 Å². The van der Waals surface area contributed by atoms with Crippen molar-refractivity contribution in [2.24, 2.45) is 10.2 Å². The second-order valence-electron chi connectivity index (χ2n) is 8.84. The van der Waals surface area contributed by atoms with E-state index in [1.54, 1.807) is 40.0 Å². The molecule has 1 aromatic carbocycles. The summed E-state index contributed by atoms with van der Waals surface area (Å²) in [4.78, 5) is 29.2. The molecule has 1 aliphatic rings. The van der Waals surface area contributed by atoms with Crippen LogP contribution in [0.25, 0.3) is 11.0 Å². The molecule has 3 aromatic rings. The van der Waals surface area contributed by atoms with Gasteiger partial charge in [0.05, 0.1) is 5.69 Å². The molecule has 11 nitrogen and oxygen atoms in total. The number of terminal acetylenes is 1. The average molecular weight is 490 g/mol. The zero-order valence-electron chi connectivity index (χ0n) is 20.6. The van der Waals surface area contributed by atoms with Gasteiger partial charge >= 0.3 is 0 Å². The minimum Gasteiger partial charge on any atom is -0.354 e. The summed E-state index contributed by atoms with van der Waals surface area (Å²) in [6.45, 7) is 5.41. The van der Waals surface area contributed by atoms with E-state index in [0.717, 1.165) is 12.8 Å². The lowest BCUT2D eigenvalue weighted by atomic mass is 10.0. The smallest absolute Gasteiger partial charge is 0.254 e. The molecule has 4 rings (SSSR count). The van der Waals surface area contributed by atoms with Crippen LogP contribution in [-0.4, -0.2) is 60.7 Å². The number of benzene rings is 1. The van der Waals surface area contributed by atoms with Gasteiger partial charge in [0.1, 0.15) is 11.0 Å². The Morgan fingerprint density at radius 1 is 1.17 bits per heavy atom. The number of nitrogens with zero attached hydrogens (tertiary/aromatic N) is 7. The molecule has 36 heavy (non-hydrogen) atoms. The normalized spacial score (nSPS) is 14.4. The van der Waals surface area contributed by atoms with Crippen molar-refractivity contribution in [2.45, 2.75) is 64.2 Å². The molecule has 0 aliphatic carbocycles. The molecule has 0 bridgehead atoms. The molecule has 3 heterocycles. The van der Waals surface area contributed by atoms with Crippen molar-refractivity contribution >= 4 is 22.8 Å². The van der Waals surface area contributed by atoms with E-state index in [1.807, 2.05) is 13.8 Å². The Hall–Kier alpha value is -4.07. The largest absolute Gasteiger partial charge is 0.354 e. The summed E-state index contributed by atoms with van der Waals surface area (Å²) in [5.41, 5.74) is 1.69. The summed E-state index contributed by atoms with van der Waals surface area (Å²) < 4.78 is 1.79. The van der Waals surface area contributed by atoms with E-state index in [2.05, 4.69) is 42.0 Å². The number of hydrogen-bond donors (Lipinski definition) is 2. The highest BCUT2D eigenvalue weighted by Gasteiger charge is 2.42. The molecule has 0 spiro atoms. The van der Waals surface area contributed by atoms with Gasteiger partial charge in [0.15, 0.2) is 11.7 Å². The fourth-order valence-electron chi connectivity index (χ4n) is 4.21. The van der Waals surface area contributed by atoms with E-state index < -0.39 is 11.7 Å². The van der Waals surface area contributed by atoms with Crippen molar-refractivity contribution in [1.29, 1.82) is 0 Å². The summed E-state index contributed by atoms with van der Waals surface area (Å²) >= 11 is 0. The predicted octanol–water partition coefficient (Wildman–Crippen LogP) is 3.24. The van der Waals surface area contributed by atoms with E-state index in [4.69, 9.17) is 6.42 Å². The quantitative estimate of drug-likeness (QED) is 0.356.